The van der Waals surface area contributed by atoms with Gasteiger partial charge in [-0.05, 0) is 23.3 Å². The molecule has 1 aliphatic rings. The van der Waals surface area contributed by atoms with Crippen LogP contribution >= 0.6 is 11.6 Å². The van der Waals surface area contributed by atoms with Crippen molar-refractivity contribution in [1.82, 2.24) is 0 Å². The maximum atomic E-state index is 6.26. The Kier molecular flexibility index (Phi) is 4.77. The Hall–Kier alpha value is -2.58. The van der Waals surface area contributed by atoms with Gasteiger partial charge < -0.3 is 4.74 Å². The molecule has 1 unspecified atom stereocenters. The van der Waals surface area contributed by atoms with Gasteiger partial charge in [-0.3, -0.25) is 0 Å². The second kappa shape index (κ2) is 7.35. The van der Waals surface area contributed by atoms with Gasteiger partial charge in [0, 0.05) is 12.0 Å². The lowest BCUT2D eigenvalue weighted by Gasteiger charge is -2.39. The van der Waals surface area contributed by atoms with Crippen LogP contribution in [0.25, 0.3) is 0 Å². The molecule has 1 heterocycles. The smallest absolute Gasteiger partial charge is 0.217 e. The summed E-state index contributed by atoms with van der Waals surface area (Å²) in [5.74, 6) is 1.07. The van der Waals surface area contributed by atoms with Crippen LogP contribution in [0.1, 0.15) is 23.1 Å². The number of ether oxygens (including phenoxy) is 1. The number of halogens is 1. The Bertz CT molecular complexity index is 838. The van der Waals surface area contributed by atoms with Gasteiger partial charge in [0.05, 0.1) is 5.88 Å². The number of aliphatic imine (C=N–C) groups is 1. The summed E-state index contributed by atoms with van der Waals surface area (Å²) in [4.78, 5) is 5.16. The molecule has 1 atom stereocenters. The Morgan fingerprint density at radius 1 is 0.808 bits per heavy atom. The second-order valence-corrected chi connectivity index (χ2v) is 6.78. The van der Waals surface area contributed by atoms with Crippen LogP contribution in [0.3, 0.4) is 0 Å². The van der Waals surface area contributed by atoms with Crippen LogP contribution < -0.4 is 0 Å². The molecule has 3 aromatic rings. The highest BCUT2D eigenvalue weighted by atomic mass is 35.5. The van der Waals surface area contributed by atoms with Crippen LogP contribution in [-0.2, 0) is 10.3 Å². The van der Waals surface area contributed by atoms with Gasteiger partial charge in [-0.2, -0.15) is 0 Å². The van der Waals surface area contributed by atoms with Gasteiger partial charge in [-0.1, -0.05) is 78.9 Å². The molecule has 0 aromatic heterocycles. The van der Waals surface area contributed by atoms with E-state index in [-0.39, 0.29) is 6.10 Å². The van der Waals surface area contributed by atoms with E-state index in [0.717, 1.165) is 16.7 Å². The normalized spacial score (nSPS) is 18.7. The van der Waals surface area contributed by atoms with Crippen molar-refractivity contribution < 1.29 is 4.74 Å². The highest BCUT2D eigenvalue weighted by Gasteiger charge is 2.41. The minimum absolute atomic E-state index is 0.107. The second-order valence-electron chi connectivity index (χ2n) is 6.47. The van der Waals surface area contributed by atoms with E-state index in [9.17, 15) is 0 Å². The van der Waals surface area contributed by atoms with Gasteiger partial charge in [0.25, 0.3) is 0 Å². The van der Waals surface area contributed by atoms with Crippen LogP contribution in [-0.4, -0.2) is 17.9 Å². The lowest BCUT2D eigenvalue weighted by atomic mass is 9.78. The molecule has 3 heteroatoms. The molecule has 0 N–H and O–H groups in total. The molecule has 1 aliphatic heterocycles. The molecular weight excluding hydrogens is 342 g/mol. The summed E-state index contributed by atoms with van der Waals surface area (Å²) in [6.45, 7) is 0. The molecule has 0 fully saturated rings. The Morgan fingerprint density at radius 3 is 1.81 bits per heavy atom. The third-order valence-corrected chi connectivity index (χ3v) is 5.13. The molecule has 0 bridgehead atoms. The third-order valence-electron chi connectivity index (χ3n) is 4.79. The molecule has 26 heavy (non-hydrogen) atoms. The predicted molar refractivity (Wildman–Crippen MR) is 107 cm³/mol. The third kappa shape index (κ3) is 3.13. The van der Waals surface area contributed by atoms with E-state index in [4.69, 9.17) is 21.3 Å². The van der Waals surface area contributed by atoms with Crippen molar-refractivity contribution in [3.63, 3.8) is 0 Å². The van der Waals surface area contributed by atoms with E-state index in [1.807, 2.05) is 42.5 Å². The molecule has 130 valence electrons. The molecule has 0 saturated carbocycles. The zero-order valence-electron chi connectivity index (χ0n) is 14.4. The lowest BCUT2D eigenvalue weighted by Crippen LogP contribution is -2.40. The average Bonchev–Trinajstić information content (AvgIpc) is 2.75. The maximum absolute atomic E-state index is 6.26. The summed E-state index contributed by atoms with van der Waals surface area (Å²) in [5, 5.41) is 0. The number of rotatable bonds is 4. The molecule has 0 radical (unpaired) electrons. The van der Waals surface area contributed by atoms with Crippen molar-refractivity contribution in [3.05, 3.63) is 108 Å². The summed E-state index contributed by atoms with van der Waals surface area (Å²) in [5.41, 5.74) is 2.76. The summed E-state index contributed by atoms with van der Waals surface area (Å²) in [7, 11) is 0. The standard InChI is InChI=1S/C23H20ClNO/c24-17-21-16-23(19-12-6-2-7-13-19,20-14-8-3-9-15-20)25-22(26-21)18-10-4-1-5-11-18/h1-15,21H,16-17H2. The number of nitrogens with zero attached hydrogens (tertiary/aromatic N) is 1. The molecule has 0 aliphatic carbocycles. The number of alkyl halides is 1. The van der Waals surface area contributed by atoms with Gasteiger partial charge in [0.15, 0.2) is 0 Å². The average molecular weight is 362 g/mol. The number of hydrogen-bond donors (Lipinski definition) is 0. The van der Waals surface area contributed by atoms with E-state index < -0.39 is 5.54 Å². The molecule has 0 saturated heterocycles. The molecular formula is C23H20ClNO. The van der Waals surface area contributed by atoms with Gasteiger partial charge >= 0.3 is 0 Å². The molecule has 3 aromatic carbocycles. The highest BCUT2D eigenvalue weighted by molar-refractivity contribution is 6.18. The lowest BCUT2D eigenvalue weighted by molar-refractivity contribution is 0.149. The SMILES string of the molecule is ClCC1CC(c2ccccc2)(c2ccccc2)N=C(c2ccccc2)O1. The molecule has 0 spiro atoms. The van der Waals surface area contributed by atoms with Gasteiger partial charge in [0.1, 0.15) is 11.6 Å². The fourth-order valence-corrected chi connectivity index (χ4v) is 3.71. The first-order chi connectivity index (χ1) is 12.8. The minimum atomic E-state index is -0.508. The van der Waals surface area contributed by atoms with Gasteiger partial charge in [-0.25, -0.2) is 4.99 Å². The van der Waals surface area contributed by atoms with Crippen LogP contribution in [0.2, 0.25) is 0 Å². The van der Waals surface area contributed by atoms with Crippen LogP contribution in [0.4, 0.5) is 0 Å². The maximum Gasteiger partial charge on any atom is 0.217 e. The van der Waals surface area contributed by atoms with E-state index in [1.54, 1.807) is 0 Å². The first-order valence-electron chi connectivity index (χ1n) is 8.81. The van der Waals surface area contributed by atoms with E-state index in [1.165, 1.54) is 0 Å². The summed E-state index contributed by atoms with van der Waals surface area (Å²) < 4.78 is 6.14. The fraction of sp³-hybridized carbons (Fsp3) is 0.174. The number of benzene rings is 3. The number of hydrogen-bond acceptors (Lipinski definition) is 2. The first kappa shape index (κ1) is 16.9. The van der Waals surface area contributed by atoms with Gasteiger partial charge in [-0.15, -0.1) is 11.6 Å². The summed E-state index contributed by atoms with van der Waals surface area (Å²) in [6.07, 6.45) is 0.603. The molecule has 0 amide bonds. The Balaban J connectivity index is 1.94. The topological polar surface area (TPSA) is 21.6 Å². The van der Waals surface area contributed by atoms with Crippen molar-refractivity contribution in [2.75, 3.05) is 5.88 Å². The van der Waals surface area contributed by atoms with Crippen LogP contribution in [0, 0.1) is 0 Å². The quantitative estimate of drug-likeness (QED) is 0.570. The molecule has 2 nitrogen and oxygen atoms in total. The zero-order chi connectivity index (χ0) is 17.8. The van der Waals surface area contributed by atoms with Crippen molar-refractivity contribution >= 4 is 17.5 Å². The zero-order valence-corrected chi connectivity index (χ0v) is 15.1. The van der Waals surface area contributed by atoms with Crippen molar-refractivity contribution in [2.24, 2.45) is 4.99 Å². The first-order valence-corrected chi connectivity index (χ1v) is 9.34. The van der Waals surface area contributed by atoms with Crippen molar-refractivity contribution in [1.29, 1.82) is 0 Å². The van der Waals surface area contributed by atoms with Crippen LogP contribution in [0.5, 0.6) is 0 Å². The highest BCUT2D eigenvalue weighted by Crippen LogP contribution is 2.42. The Labute approximate surface area is 159 Å². The predicted octanol–water partition coefficient (Wildman–Crippen LogP) is 5.40. The monoisotopic (exact) mass is 361 g/mol. The van der Waals surface area contributed by atoms with Crippen molar-refractivity contribution in [3.8, 4) is 0 Å². The van der Waals surface area contributed by atoms with E-state index in [0.29, 0.717) is 18.2 Å². The largest absolute Gasteiger partial charge is 0.473 e. The summed E-state index contributed by atoms with van der Waals surface area (Å²) in [6, 6.07) is 30.9. The van der Waals surface area contributed by atoms with Crippen molar-refractivity contribution in [2.45, 2.75) is 18.1 Å². The van der Waals surface area contributed by atoms with E-state index in [2.05, 4.69) is 48.5 Å². The van der Waals surface area contributed by atoms with Crippen LogP contribution in [0.15, 0.2) is 96.0 Å². The minimum Gasteiger partial charge on any atom is -0.473 e. The molecule has 4 rings (SSSR count). The Morgan fingerprint density at radius 2 is 1.31 bits per heavy atom. The summed E-state index contributed by atoms with van der Waals surface area (Å²) >= 11 is 6.26. The fourth-order valence-electron chi connectivity index (χ4n) is 3.53. The van der Waals surface area contributed by atoms with Gasteiger partial charge in [0.2, 0.25) is 5.90 Å². The van der Waals surface area contributed by atoms with E-state index >= 15 is 0 Å².